The van der Waals surface area contributed by atoms with Gasteiger partial charge in [0, 0.05) is 18.3 Å². The molecular weight excluding hydrogens is 253 g/mol. The van der Waals surface area contributed by atoms with Gasteiger partial charge in [0.15, 0.2) is 0 Å². The number of rotatable bonds is 4. The molecule has 0 radical (unpaired) electrons. The highest BCUT2D eigenvalue weighted by Gasteiger charge is 2.07. The Morgan fingerprint density at radius 1 is 1.44 bits per heavy atom. The molecule has 0 saturated carbocycles. The van der Waals surface area contributed by atoms with E-state index in [4.69, 9.17) is 11.6 Å². The van der Waals surface area contributed by atoms with Crippen molar-refractivity contribution >= 4 is 11.6 Å². The molecule has 0 bridgehead atoms. The van der Waals surface area contributed by atoms with Crippen LogP contribution in [-0.2, 0) is 13.1 Å². The second-order valence-corrected chi connectivity index (χ2v) is 4.62. The summed E-state index contributed by atoms with van der Waals surface area (Å²) >= 11 is 5.93. The number of hydrogen-bond acceptors (Lipinski definition) is 2. The van der Waals surface area contributed by atoms with Gasteiger partial charge in [0.05, 0.1) is 17.3 Å². The second-order valence-electron chi connectivity index (χ2n) is 4.22. The lowest BCUT2D eigenvalue weighted by molar-refractivity contribution is 0.582. The van der Waals surface area contributed by atoms with Crippen LogP contribution in [-0.4, -0.2) is 16.8 Å². The lowest BCUT2D eigenvalue weighted by Crippen LogP contribution is -2.08. The molecule has 0 unspecified atom stereocenters. The van der Waals surface area contributed by atoms with Crippen molar-refractivity contribution in [3.05, 3.63) is 52.1 Å². The summed E-state index contributed by atoms with van der Waals surface area (Å²) in [7, 11) is 1.86. The average molecular weight is 268 g/mol. The summed E-state index contributed by atoms with van der Waals surface area (Å²) in [6.07, 6.45) is 1.71. The summed E-state index contributed by atoms with van der Waals surface area (Å²) in [6, 6.07) is 5.10. The quantitative estimate of drug-likeness (QED) is 0.923. The molecule has 0 atom stereocenters. The molecule has 1 N–H and O–H groups in total. The average Bonchev–Trinajstić information content (AvgIpc) is 2.63. The number of benzene rings is 1. The van der Waals surface area contributed by atoms with Crippen LogP contribution in [0.5, 0.6) is 0 Å². The molecule has 0 spiro atoms. The molecule has 0 aliphatic carbocycles. The van der Waals surface area contributed by atoms with Crippen LogP contribution in [0.4, 0.5) is 4.39 Å². The molecule has 1 heterocycles. The molecule has 0 amide bonds. The summed E-state index contributed by atoms with van der Waals surface area (Å²) in [5.74, 6) is -0.223. The molecule has 0 fully saturated rings. The van der Waals surface area contributed by atoms with E-state index < -0.39 is 0 Å². The fourth-order valence-corrected chi connectivity index (χ4v) is 1.96. The summed E-state index contributed by atoms with van der Waals surface area (Å²) in [5.41, 5.74) is 2.41. The Morgan fingerprint density at radius 2 is 2.22 bits per heavy atom. The maximum atomic E-state index is 13.7. The van der Waals surface area contributed by atoms with Gasteiger partial charge in [0.1, 0.15) is 5.82 Å². The first-order chi connectivity index (χ1) is 8.60. The minimum Gasteiger partial charge on any atom is -0.316 e. The molecule has 18 heavy (non-hydrogen) atoms. The number of nitrogens with zero attached hydrogens (tertiary/aromatic N) is 2. The van der Waals surface area contributed by atoms with E-state index in [1.54, 1.807) is 16.9 Å². The van der Waals surface area contributed by atoms with Gasteiger partial charge in [0.25, 0.3) is 0 Å². The maximum Gasteiger partial charge on any atom is 0.128 e. The fraction of sp³-hybridized carbons (Fsp3) is 0.308. The van der Waals surface area contributed by atoms with Gasteiger partial charge >= 0.3 is 0 Å². The van der Waals surface area contributed by atoms with E-state index in [1.807, 2.05) is 20.0 Å². The molecule has 1 aromatic heterocycles. The SMILES string of the molecule is CNCc1ccc(F)c(Cn2cc(Cl)c(C)n2)c1. The van der Waals surface area contributed by atoms with Crippen LogP contribution in [0.15, 0.2) is 24.4 Å². The monoisotopic (exact) mass is 267 g/mol. The third-order valence-electron chi connectivity index (χ3n) is 2.71. The third-order valence-corrected chi connectivity index (χ3v) is 3.08. The lowest BCUT2D eigenvalue weighted by atomic mass is 10.1. The van der Waals surface area contributed by atoms with E-state index >= 15 is 0 Å². The van der Waals surface area contributed by atoms with Crippen LogP contribution < -0.4 is 5.32 Å². The van der Waals surface area contributed by atoms with Crippen LogP contribution in [0.25, 0.3) is 0 Å². The predicted octanol–water partition coefficient (Wildman–Crippen LogP) is 2.75. The summed E-state index contributed by atoms with van der Waals surface area (Å²) in [6.45, 7) is 2.93. The molecule has 0 saturated heterocycles. The van der Waals surface area contributed by atoms with E-state index in [0.29, 0.717) is 23.7 Å². The zero-order valence-electron chi connectivity index (χ0n) is 10.4. The molecule has 96 valence electrons. The smallest absolute Gasteiger partial charge is 0.128 e. The number of halogens is 2. The topological polar surface area (TPSA) is 29.9 Å². The van der Waals surface area contributed by atoms with Gasteiger partial charge in [0.2, 0.25) is 0 Å². The Bertz CT molecular complexity index is 532. The van der Waals surface area contributed by atoms with Gasteiger partial charge in [-0.3, -0.25) is 4.68 Å². The zero-order chi connectivity index (χ0) is 13.1. The lowest BCUT2D eigenvalue weighted by Gasteiger charge is -2.07. The van der Waals surface area contributed by atoms with Gasteiger partial charge in [-0.25, -0.2) is 4.39 Å². The van der Waals surface area contributed by atoms with Crippen molar-refractivity contribution in [3.63, 3.8) is 0 Å². The zero-order valence-corrected chi connectivity index (χ0v) is 11.1. The highest BCUT2D eigenvalue weighted by atomic mass is 35.5. The molecule has 3 nitrogen and oxygen atoms in total. The predicted molar refractivity (Wildman–Crippen MR) is 70.2 cm³/mol. The molecule has 5 heteroatoms. The molecule has 1 aromatic carbocycles. The highest BCUT2D eigenvalue weighted by Crippen LogP contribution is 2.16. The van der Waals surface area contributed by atoms with Gasteiger partial charge in [-0.05, 0) is 31.7 Å². The van der Waals surface area contributed by atoms with E-state index in [0.717, 1.165) is 11.3 Å². The number of nitrogens with one attached hydrogen (secondary N) is 1. The van der Waals surface area contributed by atoms with Gasteiger partial charge in [-0.1, -0.05) is 17.7 Å². The van der Waals surface area contributed by atoms with Crippen molar-refractivity contribution in [1.29, 1.82) is 0 Å². The summed E-state index contributed by atoms with van der Waals surface area (Å²) in [5, 5.41) is 7.87. The third kappa shape index (κ3) is 2.89. The van der Waals surface area contributed by atoms with Crippen molar-refractivity contribution in [2.24, 2.45) is 0 Å². The second kappa shape index (κ2) is 5.50. The standard InChI is InChI=1S/C13H15ClFN3/c1-9-12(14)8-18(17-9)7-11-5-10(6-16-2)3-4-13(11)15/h3-5,8,16H,6-7H2,1-2H3. The van der Waals surface area contributed by atoms with Crippen molar-refractivity contribution in [2.45, 2.75) is 20.0 Å². The number of aromatic nitrogens is 2. The minimum atomic E-state index is -0.223. The Balaban J connectivity index is 2.24. The summed E-state index contributed by atoms with van der Waals surface area (Å²) < 4.78 is 15.4. The first-order valence-corrected chi connectivity index (χ1v) is 6.09. The van der Waals surface area contributed by atoms with Gasteiger partial charge < -0.3 is 5.32 Å². The fourth-order valence-electron chi connectivity index (χ4n) is 1.81. The summed E-state index contributed by atoms with van der Waals surface area (Å²) in [4.78, 5) is 0. The Morgan fingerprint density at radius 3 is 2.83 bits per heavy atom. The van der Waals surface area contributed by atoms with Crippen LogP contribution in [0, 0.1) is 12.7 Å². The van der Waals surface area contributed by atoms with Gasteiger partial charge in [-0.2, -0.15) is 5.10 Å². The van der Waals surface area contributed by atoms with Gasteiger partial charge in [-0.15, -0.1) is 0 Å². The largest absolute Gasteiger partial charge is 0.316 e. The van der Waals surface area contributed by atoms with E-state index in [9.17, 15) is 4.39 Å². The van der Waals surface area contributed by atoms with E-state index in [-0.39, 0.29) is 5.82 Å². The van der Waals surface area contributed by atoms with Crippen molar-refractivity contribution in [2.75, 3.05) is 7.05 Å². The van der Waals surface area contributed by atoms with Crippen LogP contribution in [0.3, 0.4) is 0 Å². The minimum absolute atomic E-state index is 0.223. The number of aryl methyl sites for hydroxylation is 1. The van der Waals surface area contributed by atoms with E-state index in [2.05, 4.69) is 10.4 Å². The Kier molecular flexibility index (Phi) is 3.99. The normalized spacial score (nSPS) is 10.9. The van der Waals surface area contributed by atoms with E-state index in [1.165, 1.54) is 6.07 Å². The molecule has 0 aliphatic heterocycles. The van der Waals surface area contributed by atoms with Crippen LogP contribution >= 0.6 is 11.6 Å². The maximum absolute atomic E-state index is 13.7. The van der Waals surface area contributed by atoms with Crippen molar-refractivity contribution in [3.8, 4) is 0 Å². The van der Waals surface area contributed by atoms with Crippen molar-refractivity contribution < 1.29 is 4.39 Å². The highest BCUT2D eigenvalue weighted by molar-refractivity contribution is 6.31. The van der Waals surface area contributed by atoms with Crippen molar-refractivity contribution in [1.82, 2.24) is 15.1 Å². The van der Waals surface area contributed by atoms with Crippen LogP contribution in [0.2, 0.25) is 5.02 Å². The Hall–Kier alpha value is -1.39. The molecular formula is C13H15ClFN3. The Labute approximate surface area is 111 Å². The molecule has 2 aromatic rings. The first-order valence-electron chi connectivity index (χ1n) is 5.71. The molecule has 0 aliphatic rings. The number of hydrogen-bond donors (Lipinski definition) is 1. The first kappa shape index (κ1) is 13.1. The molecule has 2 rings (SSSR count). The van der Waals surface area contributed by atoms with Crippen LogP contribution in [0.1, 0.15) is 16.8 Å².